The number of imidazole rings is 1. The van der Waals surface area contributed by atoms with Crippen LogP contribution < -0.4 is 15.0 Å². The van der Waals surface area contributed by atoms with Crippen LogP contribution in [0.15, 0.2) is 65.3 Å². The molecule has 0 radical (unpaired) electrons. The minimum Gasteiger partial charge on any atom is -0.507 e. The van der Waals surface area contributed by atoms with Gasteiger partial charge in [-0.05, 0) is 75.4 Å². The number of carbonyl (C=O) groups is 1. The topological polar surface area (TPSA) is 119 Å². The van der Waals surface area contributed by atoms with Crippen molar-refractivity contribution in [2.45, 2.75) is 39.2 Å². The summed E-state index contributed by atoms with van der Waals surface area (Å²) in [6.07, 6.45) is 4.73. The molecule has 7 rings (SSSR count). The van der Waals surface area contributed by atoms with Crippen LogP contribution in [-0.2, 0) is 0 Å². The van der Waals surface area contributed by atoms with Crippen LogP contribution in [0.4, 0.5) is 5.95 Å². The first-order chi connectivity index (χ1) is 21.0. The number of para-hydroxylation sites is 1. The van der Waals surface area contributed by atoms with E-state index >= 15 is 0 Å². The molecule has 3 aromatic heterocycles. The lowest BCUT2D eigenvalue weighted by Crippen LogP contribution is -2.30. The number of aromatic hydroxyl groups is 1. The molecule has 2 aromatic carbocycles. The predicted octanol–water partition coefficient (Wildman–Crippen LogP) is 5.43. The van der Waals surface area contributed by atoms with Crippen LogP contribution in [0.1, 0.15) is 52.8 Å². The Bertz CT molecular complexity index is 1780. The van der Waals surface area contributed by atoms with Crippen molar-refractivity contribution in [3.05, 3.63) is 83.5 Å². The Labute approximate surface area is 249 Å². The van der Waals surface area contributed by atoms with E-state index in [-0.39, 0.29) is 17.7 Å². The van der Waals surface area contributed by atoms with Crippen LogP contribution in [0.25, 0.3) is 22.2 Å². The van der Waals surface area contributed by atoms with E-state index in [1.807, 2.05) is 38.2 Å². The molecule has 10 nitrogen and oxygen atoms in total. The molecule has 2 atom stereocenters. The molecule has 10 heteroatoms. The number of rotatable bonds is 8. The van der Waals surface area contributed by atoms with Crippen LogP contribution >= 0.6 is 0 Å². The Balaban J connectivity index is 1.14. The van der Waals surface area contributed by atoms with E-state index in [0.29, 0.717) is 24.6 Å². The van der Waals surface area contributed by atoms with Gasteiger partial charge < -0.3 is 24.6 Å². The Morgan fingerprint density at radius 1 is 1.12 bits per heavy atom. The van der Waals surface area contributed by atoms with E-state index in [9.17, 15) is 9.90 Å². The third kappa shape index (κ3) is 4.86. The number of phenolic OH excluding ortho intramolecular Hbond substituents is 1. The first-order valence-electron chi connectivity index (χ1n) is 14.8. The number of nitrogens with zero attached hydrogens (tertiary/aromatic N) is 5. The molecule has 0 aliphatic carbocycles. The van der Waals surface area contributed by atoms with Crippen molar-refractivity contribution in [1.82, 2.24) is 25.0 Å². The number of nitrogens with one attached hydrogen (secondary N) is 1. The van der Waals surface area contributed by atoms with Gasteiger partial charge in [-0.1, -0.05) is 23.4 Å². The highest BCUT2D eigenvalue weighted by molar-refractivity contribution is 5.96. The van der Waals surface area contributed by atoms with E-state index < -0.39 is 0 Å². The molecule has 2 aliphatic heterocycles. The summed E-state index contributed by atoms with van der Waals surface area (Å²) < 4.78 is 14.3. The highest BCUT2D eigenvalue weighted by atomic mass is 16.5. The zero-order valence-corrected chi connectivity index (χ0v) is 24.3. The number of phenols is 1. The minimum absolute atomic E-state index is 0.00105. The average molecular weight is 579 g/mol. The Hall–Kier alpha value is -4.86. The molecule has 0 bridgehead atoms. The summed E-state index contributed by atoms with van der Waals surface area (Å²) in [7, 11) is 0. The second kappa shape index (κ2) is 11.1. The van der Waals surface area contributed by atoms with Gasteiger partial charge in [0, 0.05) is 31.4 Å². The van der Waals surface area contributed by atoms with Gasteiger partial charge in [0.2, 0.25) is 5.95 Å². The lowest BCUT2D eigenvalue weighted by atomic mass is 10.0. The molecule has 5 aromatic rings. The SMILES string of the molecule is Cc1noc(C)c1-c1ccc2nc(N3CC[C@@H](CCCNC(=O)c4ccccc4O)C3)n3c2c1OC[C@@H]3c1ccccn1. The Morgan fingerprint density at radius 3 is 2.77 bits per heavy atom. The molecule has 0 unspecified atom stereocenters. The van der Waals surface area contributed by atoms with Gasteiger partial charge in [-0.15, -0.1) is 0 Å². The second-order valence-electron chi connectivity index (χ2n) is 11.4. The maximum atomic E-state index is 12.5. The van der Waals surface area contributed by atoms with E-state index in [1.165, 1.54) is 6.07 Å². The number of anilines is 1. The van der Waals surface area contributed by atoms with Crippen molar-refractivity contribution in [3.8, 4) is 22.6 Å². The van der Waals surface area contributed by atoms with Crippen molar-refractivity contribution in [2.24, 2.45) is 5.92 Å². The summed E-state index contributed by atoms with van der Waals surface area (Å²) >= 11 is 0. The van der Waals surface area contributed by atoms with Crippen molar-refractivity contribution < 1.29 is 19.2 Å². The van der Waals surface area contributed by atoms with Gasteiger partial charge in [-0.2, -0.15) is 0 Å². The molecule has 0 saturated carbocycles. The summed E-state index contributed by atoms with van der Waals surface area (Å²) in [6, 6.07) is 16.6. The average Bonchev–Trinajstić information content (AvgIpc) is 3.74. The smallest absolute Gasteiger partial charge is 0.255 e. The number of amides is 1. The van der Waals surface area contributed by atoms with Gasteiger partial charge in [-0.25, -0.2) is 4.98 Å². The van der Waals surface area contributed by atoms with Crippen molar-refractivity contribution in [2.75, 3.05) is 31.1 Å². The number of aromatic nitrogens is 4. The standard InChI is InChI=1S/C33H34N6O4/c1-20-29(21(2)43-37-20)24-12-13-26-30-31(24)42-19-27(25-10-5-6-15-34-25)39(30)33(36-26)38-17-14-22(18-38)8-7-16-35-32(41)23-9-3-4-11-28(23)40/h3-6,9-13,15,22,27,40H,7-8,14,16-19H2,1-2H3,(H,35,41)/t22-,27-/m1/s1. The number of pyridine rings is 1. The maximum Gasteiger partial charge on any atom is 0.255 e. The minimum atomic E-state index is -0.246. The van der Waals surface area contributed by atoms with E-state index in [1.54, 1.807) is 18.2 Å². The Kier molecular flexibility index (Phi) is 6.96. The number of aryl methyl sites for hydroxylation is 2. The molecule has 220 valence electrons. The van der Waals surface area contributed by atoms with Gasteiger partial charge in [0.1, 0.15) is 29.7 Å². The molecule has 1 saturated heterocycles. The Morgan fingerprint density at radius 2 is 1.98 bits per heavy atom. The summed E-state index contributed by atoms with van der Waals surface area (Å²) in [5, 5.41) is 17.1. The van der Waals surface area contributed by atoms with Crippen LogP contribution in [0, 0.1) is 19.8 Å². The van der Waals surface area contributed by atoms with Gasteiger partial charge in [0.15, 0.2) is 5.75 Å². The van der Waals surface area contributed by atoms with E-state index in [4.69, 9.17) is 19.2 Å². The molecular weight excluding hydrogens is 544 g/mol. The lowest BCUT2D eigenvalue weighted by Gasteiger charge is -2.30. The van der Waals surface area contributed by atoms with Crippen LogP contribution in [0.3, 0.4) is 0 Å². The van der Waals surface area contributed by atoms with Gasteiger partial charge in [0.05, 0.1) is 28.0 Å². The van der Waals surface area contributed by atoms with E-state index in [2.05, 4.69) is 32.1 Å². The third-order valence-corrected chi connectivity index (χ3v) is 8.61. The van der Waals surface area contributed by atoms with Crippen molar-refractivity contribution in [1.29, 1.82) is 0 Å². The monoisotopic (exact) mass is 578 g/mol. The number of benzene rings is 2. The maximum absolute atomic E-state index is 12.5. The normalized spacial score (nSPS) is 17.8. The molecule has 5 heterocycles. The van der Waals surface area contributed by atoms with Gasteiger partial charge in [0.25, 0.3) is 5.91 Å². The molecule has 1 amide bonds. The second-order valence-corrected chi connectivity index (χ2v) is 11.4. The summed E-state index contributed by atoms with van der Waals surface area (Å²) in [5.74, 6) is 2.73. The van der Waals surface area contributed by atoms with Crippen molar-refractivity contribution >= 4 is 22.9 Å². The summed E-state index contributed by atoms with van der Waals surface area (Å²) in [6.45, 7) is 6.67. The zero-order chi connectivity index (χ0) is 29.5. The van der Waals surface area contributed by atoms with Crippen LogP contribution in [-0.4, -0.2) is 56.9 Å². The largest absolute Gasteiger partial charge is 0.507 e. The molecular formula is C33H34N6O4. The van der Waals surface area contributed by atoms with Gasteiger partial charge in [-0.3, -0.25) is 14.3 Å². The lowest BCUT2D eigenvalue weighted by molar-refractivity contribution is 0.0950. The molecule has 1 fully saturated rings. The highest BCUT2D eigenvalue weighted by Crippen LogP contribution is 2.46. The van der Waals surface area contributed by atoms with Crippen LogP contribution in [0.2, 0.25) is 0 Å². The first kappa shape index (κ1) is 27.0. The number of hydrogen-bond acceptors (Lipinski definition) is 8. The first-order valence-corrected chi connectivity index (χ1v) is 14.8. The fourth-order valence-corrected chi connectivity index (χ4v) is 6.51. The highest BCUT2D eigenvalue weighted by Gasteiger charge is 2.35. The molecule has 43 heavy (non-hydrogen) atoms. The zero-order valence-electron chi connectivity index (χ0n) is 24.3. The molecule has 0 spiro atoms. The predicted molar refractivity (Wildman–Crippen MR) is 163 cm³/mol. The van der Waals surface area contributed by atoms with E-state index in [0.717, 1.165) is 83.4 Å². The summed E-state index contributed by atoms with van der Waals surface area (Å²) in [4.78, 5) is 24.7. The summed E-state index contributed by atoms with van der Waals surface area (Å²) in [5.41, 5.74) is 5.83. The number of carbonyl (C=O) groups excluding carboxylic acids is 1. The number of hydrogen-bond donors (Lipinski definition) is 2. The third-order valence-electron chi connectivity index (χ3n) is 8.61. The number of ether oxygens (including phenoxy) is 1. The fraction of sp³-hybridized carbons (Fsp3) is 0.333. The van der Waals surface area contributed by atoms with Gasteiger partial charge >= 0.3 is 0 Å². The molecule has 2 N–H and O–H groups in total. The quantitative estimate of drug-likeness (QED) is 0.234. The molecule has 2 aliphatic rings. The fourth-order valence-electron chi connectivity index (χ4n) is 6.51. The van der Waals surface area contributed by atoms with Crippen LogP contribution in [0.5, 0.6) is 11.5 Å². The van der Waals surface area contributed by atoms with Crippen molar-refractivity contribution in [3.63, 3.8) is 0 Å².